The van der Waals surface area contributed by atoms with Crippen LogP contribution in [0.25, 0.3) is 0 Å². The SMILES string of the molecule is C#CC[C@](C)(CCCCO[C@@H]1CCCCO1)O[Si](C)(C)C. The van der Waals surface area contributed by atoms with Gasteiger partial charge in [0.25, 0.3) is 0 Å². The summed E-state index contributed by atoms with van der Waals surface area (Å²) in [7, 11) is -1.57. The van der Waals surface area contributed by atoms with Crippen LogP contribution in [0.15, 0.2) is 0 Å². The van der Waals surface area contributed by atoms with Crippen LogP contribution in [-0.2, 0) is 13.9 Å². The summed E-state index contributed by atoms with van der Waals surface area (Å²) >= 11 is 0. The van der Waals surface area contributed by atoms with Crippen molar-refractivity contribution in [2.75, 3.05) is 13.2 Å². The van der Waals surface area contributed by atoms with E-state index in [1.807, 2.05) is 0 Å². The number of terminal acetylenes is 1. The van der Waals surface area contributed by atoms with Gasteiger partial charge < -0.3 is 13.9 Å². The third-order valence-electron chi connectivity index (χ3n) is 3.57. The van der Waals surface area contributed by atoms with Crippen LogP contribution in [-0.4, -0.2) is 33.4 Å². The molecule has 21 heavy (non-hydrogen) atoms. The van der Waals surface area contributed by atoms with Crippen molar-refractivity contribution in [3.8, 4) is 12.3 Å². The molecule has 0 saturated carbocycles. The Labute approximate surface area is 131 Å². The lowest BCUT2D eigenvalue weighted by atomic mass is 9.96. The number of unbranched alkanes of at least 4 members (excludes halogenated alkanes) is 1. The van der Waals surface area contributed by atoms with Gasteiger partial charge >= 0.3 is 0 Å². The van der Waals surface area contributed by atoms with E-state index in [0.717, 1.165) is 38.9 Å². The van der Waals surface area contributed by atoms with E-state index in [1.54, 1.807) is 0 Å². The molecule has 4 heteroatoms. The van der Waals surface area contributed by atoms with Crippen molar-refractivity contribution in [2.24, 2.45) is 0 Å². The first-order valence-corrected chi connectivity index (χ1v) is 11.6. The monoisotopic (exact) mass is 312 g/mol. The molecule has 0 bridgehead atoms. The van der Waals surface area contributed by atoms with Crippen LogP contribution in [0.4, 0.5) is 0 Å². The Morgan fingerprint density at radius 1 is 1.29 bits per heavy atom. The van der Waals surface area contributed by atoms with Crippen molar-refractivity contribution in [3.63, 3.8) is 0 Å². The number of rotatable bonds is 9. The standard InChI is InChI=1S/C17H32O3Si/c1-6-12-17(2,20-21(3,4)5)13-8-10-15-19-16-11-7-9-14-18-16/h1,16H,7-15H2,2-5H3/t16-,17-/m1/s1. The number of hydrogen-bond acceptors (Lipinski definition) is 3. The smallest absolute Gasteiger partial charge is 0.184 e. The van der Waals surface area contributed by atoms with Gasteiger partial charge in [0.15, 0.2) is 14.6 Å². The average Bonchev–Trinajstić information content (AvgIpc) is 2.37. The summed E-state index contributed by atoms with van der Waals surface area (Å²) in [5.74, 6) is 2.77. The lowest BCUT2D eigenvalue weighted by molar-refractivity contribution is -0.163. The van der Waals surface area contributed by atoms with Gasteiger partial charge in [0.05, 0.1) is 5.60 Å². The molecule has 0 aromatic carbocycles. The Balaban J connectivity index is 2.22. The molecule has 1 saturated heterocycles. The minimum atomic E-state index is -1.57. The molecule has 0 unspecified atom stereocenters. The fourth-order valence-corrected chi connectivity index (χ4v) is 4.44. The molecular formula is C17H32O3Si. The molecule has 1 aliphatic rings. The van der Waals surface area contributed by atoms with Gasteiger partial charge in [-0.15, -0.1) is 12.3 Å². The number of ether oxygens (including phenoxy) is 2. The molecule has 122 valence electrons. The second kappa shape index (κ2) is 8.95. The van der Waals surface area contributed by atoms with Crippen LogP contribution in [0.1, 0.15) is 51.9 Å². The van der Waals surface area contributed by atoms with Crippen LogP contribution in [0.2, 0.25) is 19.6 Å². The zero-order valence-electron chi connectivity index (χ0n) is 14.2. The third-order valence-corrected chi connectivity index (χ3v) is 4.68. The molecule has 0 N–H and O–H groups in total. The molecule has 0 radical (unpaired) electrons. The van der Waals surface area contributed by atoms with E-state index in [2.05, 4.69) is 32.5 Å². The van der Waals surface area contributed by atoms with Crippen LogP contribution < -0.4 is 0 Å². The normalized spacial score (nSPS) is 22.5. The predicted octanol–water partition coefficient (Wildman–Crippen LogP) is 4.33. The summed E-state index contributed by atoms with van der Waals surface area (Å²) in [5.41, 5.74) is -0.180. The molecule has 1 aliphatic heterocycles. The molecule has 2 atom stereocenters. The second-order valence-corrected chi connectivity index (χ2v) is 11.6. The zero-order chi connectivity index (χ0) is 15.8. The molecule has 1 fully saturated rings. The Kier molecular flexibility index (Phi) is 7.97. The Hall–Kier alpha value is -0.343. The Morgan fingerprint density at radius 3 is 2.62 bits per heavy atom. The largest absolute Gasteiger partial charge is 0.411 e. The lowest BCUT2D eigenvalue weighted by Crippen LogP contribution is -2.40. The van der Waals surface area contributed by atoms with Crippen LogP contribution in [0.5, 0.6) is 0 Å². The first-order chi connectivity index (χ1) is 9.85. The van der Waals surface area contributed by atoms with Crippen molar-refractivity contribution in [1.82, 2.24) is 0 Å². The van der Waals surface area contributed by atoms with E-state index in [4.69, 9.17) is 20.3 Å². The highest BCUT2D eigenvalue weighted by Crippen LogP contribution is 2.27. The van der Waals surface area contributed by atoms with Crippen molar-refractivity contribution < 1.29 is 13.9 Å². The quantitative estimate of drug-likeness (QED) is 0.360. The summed E-state index contributed by atoms with van der Waals surface area (Å²) in [5, 5.41) is 0. The van der Waals surface area contributed by atoms with E-state index in [0.29, 0.717) is 6.42 Å². The van der Waals surface area contributed by atoms with Crippen molar-refractivity contribution in [2.45, 2.75) is 83.4 Å². The van der Waals surface area contributed by atoms with E-state index >= 15 is 0 Å². The average molecular weight is 313 g/mol. The molecular weight excluding hydrogens is 280 g/mol. The van der Waals surface area contributed by atoms with E-state index in [-0.39, 0.29) is 11.9 Å². The van der Waals surface area contributed by atoms with Crippen LogP contribution >= 0.6 is 0 Å². The maximum atomic E-state index is 6.29. The Morgan fingerprint density at radius 2 is 2.05 bits per heavy atom. The van der Waals surface area contributed by atoms with E-state index < -0.39 is 8.32 Å². The van der Waals surface area contributed by atoms with Crippen LogP contribution in [0, 0.1) is 12.3 Å². The minimum absolute atomic E-state index is 0.0223. The van der Waals surface area contributed by atoms with Gasteiger partial charge in [-0.2, -0.15) is 0 Å². The molecule has 3 nitrogen and oxygen atoms in total. The van der Waals surface area contributed by atoms with Gasteiger partial charge in [0.2, 0.25) is 0 Å². The lowest BCUT2D eigenvalue weighted by Gasteiger charge is -2.35. The Bertz CT molecular complexity index is 326. The molecule has 0 aliphatic carbocycles. The van der Waals surface area contributed by atoms with Crippen molar-refractivity contribution in [1.29, 1.82) is 0 Å². The summed E-state index contributed by atoms with van der Waals surface area (Å²) < 4.78 is 17.6. The fourth-order valence-electron chi connectivity index (χ4n) is 2.79. The third kappa shape index (κ3) is 8.62. The molecule has 0 spiro atoms. The van der Waals surface area contributed by atoms with Crippen LogP contribution in [0.3, 0.4) is 0 Å². The molecule has 0 aromatic rings. The van der Waals surface area contributed by atoms with Gasteiger partial charge in [-0.25, -0.2) is 0 Å². The molecule has 0 amide bonds. The second-order valence-electron chi connectivity index (χ2n) is 7.17. The maximum Gasteiger partial charge on any atom is 0.184 e. The minimum Gasteiger partial charge on any atom is -0.411 e. The van der Waals surface area contributed by atoms with Gasteiger partial charge in [-0.05, 0) is 65.1 Å². The van der Waals surface area contributed by atoms with Crippen molar-refractivity contribution >= 4 is 8.32 Å². The first-order valence-electron chi connectivity index (χ1n) is 8.21. The summed E-state index contributed by atoms with van der Waals surface area (Å²) in [6.45, 7) is 10.4. The fraction of sp³-hybridized carbons (Fsp3) is 0.882. The van der Waals surface area contributed by atoms with Gasteiger partial charge in [0, 0.05) is 19.6 Å². The summed E-state index contributed by atoms with van der Waals surface area (Å²) in [4.78, 5) is 0. The summed E-state index contributed by atoms with van der Waals surface area (Å²) in [6.07, 6.45) is 12.7. The molecule has 1 heterocycles. The highest BCUT2D eigenvalue weighted by atomic mass is 28.4. The van der Waals surface area contributed by atoms with Gasteiger partial charge in [-0.1, -0.05) is 0 Å². The molecule has 1 rings (SSSR count). The van der Waals surface area contributed by atoms with E-state index in [1.165, 1.54) is 12.8 Å². The predicted molar refractivity (Wildman–Crippen MR) is 89.7 cm³/mol. The van der Waals surface area contributed by atoms with Gasteiger partial charge in [-0.3, -0.25) is 0 Å². The zero-order valence-corrected chi connectivity index (χ0v) is 15.2. The van der Waals surface area contributed by atoms with E-state index in [9.17, 15) is 0 Å². The maximum absolute atomic E-state index is 6.29. The number of hydrogen-bond donors (Lipinski definition) is 0. The highest BCUT2D eigenvalue weighted by Gasteiger charge is 2.30. The summed E-state index contributed by atoms with van der Waals surface area (Å²) in [6, 6.07) is 0. The van der Waals surface area contributed by atoms with Crippen molar-refractivity contribution in [3.05, 3.63) is 0 Å². The highest BCUT2D eigenvalue weighted by molar-refractivity contribution is 6.69. The first kappa shape index (κ1) is 18.7. The topological polar surface area (TPSA) is 27.7 Å². The van der Waals surface area contributed by atoms with Gasteiger partial charge in [0.1, 0.15) is 0 Å². The molecule has 0 aromatic heterocycles.